The number of para-hydroxylation sites is 2. The summed E-state index contributed by atoms with van der Waals surface area (Å²) in [7, 11) is 0. The molecule has 0 N–H and O–H groups in total. The fourth-order valence-electron chi connectivity index (χ4n) is 6.63. The van der Waals surface area contributed by atoms with Crippen LogP contribution in [0.5, 0.6) is 0 Å². The van der Waals surface area contributed by atoms with E-state index in [9.17, 15) is 0 Å². The van der Waals surface area contributed by atoms with E-state index in [0.717, 1.165) is 0 Å². The zero-order valence-electron chi connectivity index (χ0n) is 22.9. The third kappa shape index (κ3) is 3.52. The normalized spacial score (nSPS) is 11.8. The summed E-state index contributed by atoms with van der Waals surface area (Å²) in [5.74, 6) is 0. The third-order valence-corrected chi connectivity index (χ3v) is 8.66. The van der Waals surface area contributed by atoms with E-state index in [0.29, 0.717) is 0 Å². The maximum atomic E-state index is 2.42. The second-order valence-corrected chi connectivity index (χ2v) is 11.1. The zero-order chi connectivity index (χ0) is 27.6. The highest BCUT2D eigenvalue weighted by atomic mass is 15.0. The van der Waals surface area contributed by atoms with Crippen molar-refractivity contribution in [2.24, 2.45) is 0 Å². The van der Waals surface area contributed by atoms with E-state index in [1.165, 1.54) is 76.8 Å². The molecular formula is C40H26N2. The van der Waals surface area contributed by atoms with Gasteiger partial charge in [-0.2, -0.15) is 0 Å². The standard InChI is InChI=1S/C40H26N2/c1-2-12-34(13-3-1)41-20-19-32-25-40-37(26-39(32)41)36-15-6-7-16-38(36)42(40)35-14-8-11-29(24-35)30-17-18-31-21-27-9-4-5-10-28(27)22-33(31)23-30/h1-26H. The lowest BCUT2D eigenvalue weighted by Crippen LogP contribution is -1.95. The number of hydrogen-bond donors (Lipinski definition) is 0. The van der Waals surface area contributed by atoms with Crippen LogP contribution in [0, 0.1) is 0 Å². The summed E-state index contributed by atoms with van der Waals surface area (Å²) in [6, 6.07) is 55.2. The van der Waals surface area contributed by atoms with Crippen LogP contribution in [-0.4, -0.2) is 9.13 Å². The van der Waals surface area contributed by atoms with E-state index in [1.807, 2.05) is 0 Å². The molecule has 0 aliphatic carbocycles. The lowest BCUT2D eigenvalue weighted by atomic mass is 9.98. The Morgan fingerprint density at radius 1 is 0.333 bits per heavy atom. The van der Waals surface area contributed by atoms with Crippen molar-refractivity contribution in [3.05, 3.63) is 158 Å². The number of benzene rings is 7. The average Bonchev–Trinajstić information content (AvgIpc) is 3.61. The van der Waals surface area contributed by atoms with E-state index in [4.69, 9.17) is 0 Å². The van der Waals surface area contributed by atoms with Gasteiger partial charge in [-0.05, 0) is 99.4 Å². The highest BCUT2D eigenvalue weighted by molar-refractivity contribution is 6.13. The molecule has 2 aromatic heterocycles. The van der Waals surface area contributed by atoms with Crippen LogP contribution < -0.4 is 0 Å². The summed E-state index contributed by atoms with van der Waals surface area (Å²) in [5.41, 5.74) is 8.43. The van der Waals surface area contributed by atoms with Crippen LogP contribution in [0.1, 0.15) is 0 Å². The zero-order valence-corrected chi connectivity index (χ0v) is 22.9. The second-order valence-electron chi connectivity index (χ2n) is 11.1. The first-order valence-corrected chi connectivity index (χ1v) is 14.4. The number of rotatable bonds is 3. The van der Waals surface area contributed by atoms with Gasteiger partial charge < -0.3 is 9.13 Å². The van der Waals surface area contributed by atoms with Gasteiger partial charge in [0.2, 0.25) is 0 Å². The van der Waals surface area contributed by atoms with Crippen LogP contribution in [0.15, 0.2) is 158 Å². The Morgan fingerprint density at radius 3 is 1.93 bits per heavy atom. The Hall–Kier alpha value is -5.60. The molecule has 0 saturated heterocycles. The fourth-order valence-corrected chi connectivity index (χ4v) is 6.63. The predicted molar refractivity (Wildman–Crippen MR) is 178 cm³/mol. The van der Waals surface area contributed by atoms with Crippen LogP contribution >= 0.6 is 0 Å². The molecule has 0 saturated carbocycles. The van der Waals surface area contributed by atoms with Crippen LogP contribution in [0.3, 0.4) is 0 Å². The first kappa shape index (κ1) is 23.1. The smallest absolute Gasteiger partial charge is 0.0548 e. The van der Waals surface area contributed by atoms with Crippen molar-refractivity contribution in [1.82, 2.24) is 9.13 Å². The lowest BCUT2D eigenvalue weighted by Gasteiger charge is -2.11. The van der Waals surface area contributed by atoms with Gasteiger partial charge in [-0.1, -0.05) is 84.9 Å². The number of hydrogen-bond acceptors (Lipinski definition) is 0. The van der Waals surface area contributed by atoms with E-state index < -0.39 is 0 Å². The summed E-state index contributed by atoms with van der Waals surface area (Å²) in [5, 5.41) is 8.83. The van der Waals surface area contributed by atoms with E-state index in [-0.39, 0.29) is 0 Å². The third-order valence-electron chi connectivity index (χ3n) is 8.66. The van der Waals surface area contributed by atoms with Crippen LogP contribution in [-0.2, 0) is 0 Å². The molecule has 2 heterocycles. The van der Waals surface area contributed by atoms with Crippen molar-refractivity contribution in [1.29, 1.82) is 0 Å². The minimum atomic E-state index is 1.17. The topological polar surface area (TPSA) is 9.86 Å². The summed E-state index contributed by atoms with van der Waals surface area (Å²) >= 11 is 0. The highest BCUT2D eigenvalue weighted by Crippen LogP contribution is 2.37. The average molecular weight is 535 g/mol. The fraction of sp³-hybridized carbons (Fsp3) is 0. The van der Waals surface area contributed by atoms with Crippen molar-refractivity contribution < 1.29 is 0 Å². The quantitative estimate of drug-likeness (QED) is 0.200. The molecule has 9 rings (SSSR count). The Labute approximate surface area is 243 Å². The first-order chi connectivity index (χ1) is 20.8. The number of aromatic nitrogens is 2. The van der Waals surface area contributed by atoms with Crippen molar-refractivity contribution in [2.75, 3.05) is 0 Å². The molecule has 0 bridgehead atoms. The number of nitrogens with zero attached hydrogens (tertiary/aromatic N) is 2. The van der Waals surface area contributed by atoms with Crippen LogP contribution in [0.4, 0.5) is 0 Å². The Balaban J connectivity index is 1.23. The Bertz CT molecular complexity index is 2460. The van der Waals surface area contributed by atoms with Gasteiger partial charge in [0.05, 0.1) is 16.6 Å². The van der Waals surface area contributed by atoms with Gasteiger partial charge in [-0.25, -0.2) is 0 Å². The molecule has 0 aliphatic heterocycles. The maximum absolute atomic E-state index is 2.42. The van der Waals surface area contributed by atoms with E-state index >= 15 is 0 Å². The Morgan fingerprint density at radius 2 is 1.05 bits per heavy atom. The molecule has 2 nitrogen and oxygen atoms in total. The van der Waals surface area contributed by atoms with Gasteiger partial charge in [0.1, 0.15) is 0 Å². The summed E-state index contributed by atoms with van der Waals surface area (Å²) in [6.45, 7) is 0. The molecule has 0 radical (unpaired) electrons. The van der Waals surface area contributed by atoms with Crippen molar-refractivity contribution in [3.63, 3.8) is 0 Å². The second kappa shape index (κ2) is 8.95. The maximum Gasteiger partial charge on any atom is 0.0548 e. The molecule has 7 aromatic carbocycles. The molecule has 0 spiro atoms. The monoisotopic (exact) mass is 534 g/mol. The highest BCUT2D eigenvalue weighted by Gasteiger charge is 2.15. The molecule has 0 aliphatic rings. The SMILES string of the molecule is c1ccc(-n2ccc3cc4c(cc32)c2ccccc2n4-c2cccc(-c3ccc4cc5ccccc5cc4c3)c2)cc1. The van der Waals surface area contributed by atoms with Gasteiger partial charge in [0, 0.05) is 33.7 Å². The predicted octanol–water partition coefficient (Wildman–Crippen LogP) is 10.7. The Kier molecular flexibility index (Phi) is 4.93. The lowest BCUT2D eigenvalue weighted by molar-refractivity contribution is 1.13. The van der Waals surface area contributed by atoms with E-state index in [2.05, 4.69) is 167 Å². The van der Waals surface area contributed by atoms with Crippen molar-refractivity contribution >= 4 is 54.3 Å². The first-order valence-electron chi connectivity index (χ1n) is 14.4. The minimum Gasteiger partial charge on any atom is -0.317 e. The molecule has 42 heavy (non-hydrogen) atoms. The molecule has 2 heteroatoms. The summed E-state index contributed by atoms with van der Waals surface area (Å²) in [4.78, 5) is 0. The molecule has 0 fully saturated rings. The molecule has 0 amide bonds. The molecule has 9 aromatic rings. The largest absolute Gasteiger partial charge is 0.317 e. The summed E-state index contributed by atoms with van der Waals surface area (Å²) < 4.78 is 4.70. The van der Waals surface area contributed by atoms with Crippen molar-refractivity contribution in [2.45, 2.75) is 0 Å². The molecule has 0 atom stereocenters. The summed E-state index contributed by atoms with van der Waals surface area (Å²) in [6.07, 6.45) is 2.18. The number of fused-ring (bicyclic) bond motifs is 6. The molecular weight excluding hydrogens is 508 g/mol. The van der Waals surface area contributed by atoms with Gasteiger partial charge in [-0.3, -0.25) is 0 Å². The van der Waals surface area contributed by atoms with Crippen molar-refractivity contribution in [3.8, 4) is 22.5 Å². The van der Waals surface area contributed by atoms with E-state index in [1.54, 1.807) is 0 Å². The van der Waals surface area contributed by atoms with Crippen LogP contribution in [0.25, 0.3) is 76.8 Å². The van der Waals surface area contributed by atoms with Gasteiger partial charge >= 0.3 is 0 Å². The minimum absolute atomic E-state index is 1.17. The molecule has 0 unspecified atom stereocenters. The van der Waals surface area contributed by atoms with Gasteiger partial charge in [0.25, 0.3) is 0 Å². The van der Waals surface area contributed by atoms with Crippen LogP contribution in [0.2, 0.25) is 0 Å². The van der Waals surface area contributed by atoms with Gasteiger partial charge in [0.15, 0.2) is 0 Å². The van der Waals surface area contributed by atoms with Gasteiger partial charge in [-0.15, -0.1) is 0 Å². The molecule has 196 valence electrons.